The first-order valence-corrected chi connectivity index (χ1v) is 9.85. The van der Waals surface area contributed by atoms with Gasteiger partial charge in [-0.25, -0.2) is 0 Å². The molecule has 30 heavy (non-hydrogen) atoms. The Kier molecular flexibility index (Phi) is 6.79. The summed E-state index contributed by atoms with van der Waals surface area (Å²) in [5.41, 5.74) is 8.40. The lowest BCUT2D eigenvalue weighted by Gasteiger charge is -2.17. The summed E-state index contributed by atoms with van der Waals surface area (Å²) in [6.07, 6.45) is 4.07. The second kappa shape index (κ2) is 9.50. The van der Waals surface area contributed by atoms with Crippen molar-refractivity contribution in [3.05, 3.63) is 75.8 Å². The fraction of sp³-hybridized carbons (Fsp3) is 0.217. The highest BCUT2D eigenvalue weighted by Crippen LogP contribution is 2.29. The molecular formula is C23H23ClN2O4. The van der Waals surface area contributed by atoms with Crippen LogP contribution >= 0.6 is 11.6 Å². The zero-order chi connectivity index (χ0) is 21.7. The fourth-order valence-electron chi connectivity index (χ4n) is 2.81. The Bertz CT molecular complexity index is 1030. The summed E-state index contributed by atoms with van der Waals surface area (Å²) in [5, 5.41) is 0.608. The van der Waals surface area contributed by atoms with E-state index in [4.69, 9.17) is 21.1 Å². The number of aryl methyl sites for hydroxylation is 1. The molecule has 1 heterocycles. The molecule has 0 aromatic heterocycles. The van der Waals surface area contributed by atoms with Crippen molar-refractivity contribution in [2.75, 3.05) is 6.61 Å². The lowest BCUT2D eigenvalue weighted by atomic mass is 10.1. The van der Waals surface area contributed by atoms with Crippen LogP contribution in [-0.2, 0) is 9.59 Å². The highest BCUT2D eigenvalue weighted by atomic mass is 35.5. The van der Waals surface area contributed by atoms with Crippen molar-refractivity contribution in [2.45, 2.75) is 26.9 Å². The van der Waals surface area contributed by atoms with Crippen LogP contribution in [0, 0.1) is 13.8 Å². The van der Waals surface area contributed by atoms with Gasteiger partial charge in [-0.3, -0.25) is 20.4 Å². The van der Waals surface area contributed by atoms with Gasteiger partial charge >= 0.3 is 0 Å². The first kappa shape index (κ1) is 21.5. The maximum absolute atomic E-state index is 12.2. The summed E-state index contributed by atoms with van der Waals surface area (Å²) in [5.74, 6) is 0.445. The number of hydrogen-bond donors (Lipinski definition) is 2. The van der Waals surface area contributed by atoms with E-state index in [1.807, 2.05) is 32.1 Å². The Labute approximate surface area is 180 Å². The largest absolute Gasteiger partial charge is 0.488 e. The number of nitrogens with one attached hydrogen (secondary N) is 2. The number of carbonyl (C=O) groups excluding carboxylic acids is 2. The van der Waals surface area contributed by atoms with Crippen molar-refractivity contribution in [1.29, 1.82) is 0 Å². The zero-order valence-electron chi connectivity index (χ0n) is 17.0. The monoisotopic (exact) mass is 426 g/mol. The SMILES string of the molecule is Cc1cccc(OC(C)C(=O)NNC(=O)/C=C/C2=Cc3cc(Cl)ccc3OC2)c1C. The van der Waals surface area contributed by atoms with E-state index in [9.17, 15) is 9.59 Å². The Morgan fingerprint density at radius 1 is 1.20 bits per heavy atom. The van der Waals surface area contributed by atoms with E-state index in [0.29, 0.717) is 17.4 Å². The molecule has 0 spiro atoms. The van der Waals surface area contributed by atoms with Crippen LogP contribution in [0.5, 0.6) is 11.5 Å². The maximum Gasteiger partial charge on any atom is 0.279 e. The van der Waals surface area contributed by atoms with Gasteiger partial charge in [-0.1, -0.05) is 29.8 Å². The number of benzene rings is 2. The van der Waals surface area contributed by atoms with Crippen LogP contribution in [0.1, 0.15) is 23.6 Å². The van der Waals surface area contributed by atoms with Crippen molar-refractivity contribution >= 4 is 29.5 Å². The van der Waals surface area contributed by atoms with Gasteiger partial charge in [0.2, 0.25) is 0 Å². The second-order valence-electron chi connectivity index (χ2n) is 6.96. The molecule has 2 aromatic carbocycles. The summed E-state index contributed by atoms with van der Waals surface area (Å²) in [6, 6.07) is 11.0. The molecule has 0 bridgehead atoms. The van der Waals surface area contributed by atoms with Crippen molar-refractivity contribution in [3.8, 4) is 11.5 Å². The quantitative estimate of drug-likeness (QED) is 0.561. The predicted molar refractivity (Wildman–Crippen MR) is 116 cm³/mol. The standard InChI is InChI=1S/C23H23ClN2O4/c1-14-5-4-6-20(15(14)2)30-16(3)23(28)26-25-22(27)10-7-17-11-18-12-19(24)8-9-21(18)29-13-17/h4-12,16H,13H2,1-3H3,(H,25,27)(H,26,28)/b10-7+. The topological polar surface area (TPSA) is 76.7 Å². The molecule has 2 amide bonds. The highest BCUT2D eigenvalue weighted by Gasteiger charge is 2.16. The highest BCUT2D eigenvalue weighted by molar-refractivity contribution is 6.30. The Balaban J connectivity index is 1.51. The van der Waals surface area contributed by atoms with Crippen LogP contribution in [0.25, 0.3) is 6.08 Å². The molecule has 7 heteroatoms. The van der Waals surface area contributed by atoms with Gasteiger partial charge in [0.15, 0.2) is 6.10 Å². The van der Waals surface area contributed by atoms with Gasteiger partial charge in [0, 0.05) is 16.7 Å². The Morgan fingerprint density at radius 2 is 2.00 bits per heavy atom. The van der Waals surface area contributed by atoms with Crippen LogP contribution in [0.2, 0.25) is 5.02 Å². The fourth-order valence-corrected chi connectivity index (χ4v) is 2.99. The molecule has 156 valence electrons. The normalized spacial score (nSPS) is 13.7. The molecule has 0 radical (unpaired) electrons. The van der Waals surface area contributed by atoms with Gasteiger partial charge in [-0.05, 0) is 67.8 Å². The molecule has 0 saturated heterocycles. The van der Waals surface area contributed by atoms with E-state index < -0.39 is 17.9 Å². The maximum atomic E-state index is 12.2. The van der Waals surface area contributed by atoms with E-state index in [2.05, 4.69) is 10.9 Å². The average Bonchev–Trinajstić information content (AvgIpc) is 2.73. The molecule has 1 aliphatic heterocycles. The van der Waals surface area contributed by atoms with Gasteiger partial charge in [0.25, 0.3) is 11.8 Å². The number of hydrazine groups is 1. The summed E-state index contributed by atoms with van der Waals surface area (Å²) in [6.45, 7) is 5.86. The van der Waals surface area contributed by atoms with E-state index in [-0.39, 0.29) is 0 Å². The first-order valence-electron chi connectivity index (χ1n) is 9.47. The molecule has 1 atom stereocenters. The molecule has 0 saturated carbocycles. The minimum Gasteiger partial charge on any atom is -0.488 e. The van der Waals surface area contributed by atoms with E-state index in [1.165, 1.54) is 6.08 Å². The summed E-state index contributed by atoms with van der Waals surface area (Å²) < 4.78 is 11.3. The molecule has 0 aliphatic carbocycles. The average molecular weight is 427 g/mol. The summed E-state index contributed by atoms with van der Waals surface area (Å²) in [4.78, 5) is 24.2. The van der Waals surface area contributed by atoms with Crippen LogP contribution in [0.15, 0.2) is 54.1 Å². The minimum absolute atomic E-state index is 0.339. The van der Waals surface area contributed by atoms with Crippen molar-refractivity contribution in [3.63, 3.8) is 0 Å². The first-order chi connectivity index (χ1) is 14.3. The van der Waals surface area contributed by atoms with E-state index in [0.717, 1.165) is 28.0 Å². The number of carbonyl (C=O) groups is 2. The number of ether oxygens (including phenoxy) is 2. The lowest BCUT2D eigenvalue weighted by molar-refractivity contribution is -0.131. The summed E-state index contributed by atoms with van der Waals surface area (Å²) in [7, 11) is 0. The molecule has 6 nitrogen and oxygen atoms in total. The molecule has 0 fully saturated rings. The smallest absolute Gasteiger partial charge is 0.279 e. The molecule has 3 rings (SSSR count). The van der Waals surface area contributed by atoms with Gasteiger partial charge in [0.05, 0.1) is 0 Å². The number of rotatable bonds is 5. The van der Waals surface area contributed by atoms with Crippen LogP contribution in [0.3, 0.4) is 0 Å². The second-order valence-corrected chi connectivity index (χ2v) is 7.40. The number of hydrogen-bond acceptors (Lipinski definition) is 4. The summed E-state index contributed by atoms with van der Waals surface area (Å²) >= 11 is 6.00. The third-order valence-corrected chi connectivity index (χ3v) is 4.93. The minimum atomic E-state index is -0.773. The van der Waals surface area contributed by atoms with Gasteiger partial charge in [-0.15, -0.1) is 0 Å². The molecule has 1 aliphatic rings. The van der Waals surface area contributed by atoms with E-state index >= 15 is 0 Å². The van der Waals surface area contributed by atoms with Crippen LogP contribution in [0.4, 0.5) is 0 Å². The number of halogens is 1. The lowest BCUT2D eigenvalue weighted by Crippen LogP contribution is -2.46. The van der Waals surface area contributed by atoms with Gasteiger partial charge in [-0.2, -0.15) is 0 Å². The molecular weight excluding hydrogens is 404 g/mol. The van der Waals surface area contributed by atoms with Gasteiger partial charge < -0.3 is 9.47 Å². The Hall–Kier alpha value is -3.25. The number of fused-ring (bicyclic) bond motifs is 1. The number of amides is 2. The Morgan fingerprint density at radius 3 is 2.80 bits per heavy atom. The van der Waals surface area contributed by atoms with E-state index in [1.54, 1.807) is 37.3 Å². The van der Waals surface area contributed by atoms with Crippen molar-refractivity contribution < 1.29 is 19.1 Å². The van der Waals surface area contributed by atoms with Crippen molar-refractivity contribution in [1.82, 2.24) is 10.9 Å². The van der Waals surface area contributed by atoms with Crippen molar-refractivity contribution in [2.24, 2.45) is 0 Å². The third kappa shape index (κ3) is 5.42. The molecule has 2 N–H and O–H groups in total. The third-order valence-electron chi connectivity index (χ3n) is 4.69. The predicted octanol–water partition coefficient (Wildman–Crippen LogP) is 3.90. The van der Waals surface area contributed by atoms with Crippen LogP contribution < -0.4 is 20.3 Å². The zero-order valence-corrected chi connectivity index (χ0v) is 17.7. The van der Waals surface area contributed by atoms with Gasteiger partial charge in [0.1, 0.15) is 18.1 Å². The van der Waals surface area contributed by atoms with Crippen LogP contribution in [-0.4, -0.2) is 24.5 Å². The molecule has 1 unspecified atom stereocenters. The molecule has 2 aromatic rings.